The molecule has 2 rings (SSSR count). The standard InChI is InChI=1S/C14H12ClFN2O2.C2H6/c1-7-11(17)6-12(18-13(7)14(19)20-2)8-3-4-9(15)10(16)5-8;1-2/h3-6H,1-2H3,(H2,17,18);1-2H3. The van der Waals surface area contributed by atoms with E-state index in [-0.39, 0.29) is 10.7 Å². The second kappa shape index (κ2) is 7.75. The molecular formula is C16H18ClFN2O2. The van der Waals surface area contributed by atoms with Crippen molar-refractivity contribution in [3.05, 3.63) is 46.4 Å². The third-order valence-electron chi connectivity index (χ3n) is 2.91. The average Bonchev–Trinajstić information content (AvgIpc) is 2.53. The first-order valence-electron chi connectivity index (χ1n) is 6.75. The van der Waals surface area contributed by atoms with Gasteiger partial charge in [0, 0.05) is 16.8 Å². The lowest BCUT2D eigenvalue weighted by molar-refractivity contribution is 0.0593. The van der Waals surface area contributed by atoms with Crippen LogP contribution in [-0.2, 0) is 4.74 Å². The molecule has 0 saturated carbocycles. The molecule has 4 nitrogen and oxygen atoms in total. The fraction of sp³-hybridized carbons (Fsp3) is 0.250. The van der Waals surface area contributed by atoms with E-state index in [0.29, 0.717) is 22.5 Å². The number of benzene rings is 1. The van der Waals surface area contributed by atoms with E-state index in [0.717, 1.165) is 0 Å². The minimum Gasteiger partial charge on any atom is -0.464 e. The van der Waals surface area contributed by atoms with E-state index in [1.807, 2.05) is 13.8 Å². The maximum Gasteiger partial charge on any atom is 0.357 e. The van der Waals surface area contributed by atoms with Gasteiger partial charge < -0.3 is 10.5 Å². The molecule has 0 unspecified atom stereocenters. The van der Waals surface area contributed by atoms with Gasteiger partial charge in [-0.2, -0.15) is 0 Å². The number of ether oxygens (including phenoxy) is 1. The van der Waals surface area contributed by atoms with E-state index in [9.17, 15) is 9.18 Å². The molecule has 22 heavy (non-hydrogen) atoms. The largest absolute Gasteiger partial charge is 0.464 e. The summed E-state index contributed by atoms with van der Waals surface area (Å²) in [7, 11) is 1.26. The first kappa shape index (κ1) is 17.9. The highest BCUT2D eigenvalue weighted by Crippen LogP contribution is 2.27. The molecular weight excluding hydrogens is 307 g/mol. The number of carbonyl (C=O) groups is 1. The van der Waals surface area contributed by atoms with E-state index in [2.05, 4.69) is 9.72 Å². The molecule has 0 aliphatic heterocycles. The van der Waals surface area contributed by atoms with Crippen molar-refractivity contribution in [2.45, 2.75) is 20.8 Å². The Morgan fingerprint density at radius 3 is 2.50 bits per heavy atom. The smallest absolute Gasteiger partial charge is 0.357 e. The van der Waals surface area contributed by atoms with Crippen molar-refractivity contribution in [2.75, 3.05) is 12.8 Å². The van der Waals surface area contributed by atoms with Crippen molar-refractivity contribution in [3.63, 3.8) is 0 Å². The molecule has 0 amide bonds. The number of aromatic nitrogens is 1. The number of nitrogen functional groups attached to an aromatic ring is 1. The number of halogens is 2. The Hall–Kier alpha value is -2.14. The lowest BCUT2D eigenvalue weighted by atomic mass is 10.1. The van der Waals surface area contributed by atoms with Crippen LogP contribution < -0.4 is 5.73 Å². The van der Waals surface area contributed by atoms with Crippen LogP contribution in [0.5, 0.6) is 0 Å². The van der Waals surface area contributed by atoms with Gasteiger partial charge in [0.15, 0.2) is 5.69 Å². The zero-order valence-corrected chi connectivity index (χ0v) is 13.7. The average molecular weight is 325 g/mol. The number of rotatable bonds is 2. The van der Waals surface area contributed by atoms with Crippen LogP contribution in [0, 0.1) is 12.7 Å². The summed E-state index contributed by atoms with van der Waals surface area (Å²) in [6.07, 6.45) is 0. The second-order valence-electron chi connectivity index (χ2n) is 4.19. The molecule has 0 aliphatic rings. The van der Waals surface area contributed by atoms with Gasteiger partial charge in [-0.3, -0.25) is 0 Å². The zero-order valence-electron chi connectivity index (χ0n) is 12.9. The Morgan fingerprint density at radius 1 is 1.32 bits per heavy atom. The first-order valence-corrected chi connectivity index (χ1v) is 7.12. The maximum atomic E-state index is 13.5. The summed E-state index contributed by atoms with van der Waals surface area (Å²) in [5.74, 6) is -1.16. The number of carbonyl (C=O) groups excluding carboxylic acids is 1. The summed E-state index contributed by atoms with van der Waals surface area (Å²) in [6.45, 7) is 5.67. The van der Waals surface area contributed by atoms with Gasteiger partial charge >= 0.3 is 5.97 Å². The van der Waals surface area contributed by atoms with Crippen LogP contribution in [0.3, 0.4) is 0 Å². The predicted octanol–water partition coefficient (Wildman–Crippen LogP) is 4.24. The number of hydrogen-bond donors (Lipinski definition) is 1. The van der Waals surface area contributed by atoms with Gasteiger partial charge in [0.05, 0.1) is 17.8 Å². The normalized spacial score (nSPS) is 9.73. The number of methoxy groups -OCH3 is 1. The first-order chi connectivity index (χ1) is 10.4. The monoisotopic (exact) mass is 324 g/mol. The lowest BCUT2D eigenvalue weighted by Gasteiger charge is -2.10. The molecule has 0 saturated heterocycles. The van der Waals surface area contributed by atoms with Crippen molar-refractivity contribution in [1.29, 1.82) is 0 Å². The zero-order chi connectivity index (χ0) is 16.9. The van der Waals surface area contributed by atoms with Gasteiger partial charge in [-0.05, 0) is 25.1 Å². The third-order valence-corrected chi connectivity index (χ3v) is 3.21. The quantitative estimate of drug-likeness (QED) is 0.839. The molecule has 1 heterocycles. The van der Waals surface area contributed by atoms with Gasteiger partial charge in [0.2, 0.25) is 0 Å². The predicted molar refractivity (Wildman–Crippen MR) is 86.5 cm³/mol. The number of pyridine rings is 1. The highest BCUT2D eigenvalue weighted by atomic mass is 35.5. The number of esters is 1. The van der Waals surface area contributed by atoms with Crippen LogP contribution >= 0.6 is 11.6 Å². The van der Waals surface area contributed by atoms with E-state index in [1.54, 1.807) is 19.1 Å². The molecule has 0 radical (unpaired) electrons. The second-order valence-corrected chi connectivity index (χ2v) is 4.60. The molecule has 1 aromatic carbocycles. The van der Waals surface area contributed by atoms with Gasteiger partial charge in [0.25, 0.3) is 0 Å². The van der Waals surface area contributed by atoms with Gasteiger partial charge in [0.1, 0.15) is 5.82 Å². The third kappa shape index (κ3) is 3.74. The summed E-state index contributed by atoms with van der Waals surface area (Å²) >= 11 is 5.63. The molecule has 6 heteroatoms. The molecule has 1 aromatic heterocycles. The van der Waals surface area contributed by atoms with Gasteiger partial charge in [-0.15, -0.1) is 0 Å². The van der Waals surface area contributed by atoms with Gasteiger partial charge in [-0.1, -0.05) is 31.5 Å². The summed E-state index contributed by atoms with van der Waals surface area (Å²) in [5, 5.41) is 0.0158. The van der Waals surface area contributed by atoms with Crippen LogP contribution in [0.15, 0.2) is 24.3 Å². The minimum absolute atomic E-state index is 0.0158. The topological polar surface area (TPSA) is 65.2 Å². The summed E-state index contributed by atoms with van der Waals surface area (Å²) in [5.41, 5.74) is 7.72. The Morgan fingerprint density at radius 2 is 1.95 bits per heavy atom. The number of nitrogens with zero attached hydrogens (tertiary/aromatic N) is 1. The van der Waals surface area contributed by atoms with E-state index in [1.165, 1.54) is 19.2 Å². The minimum atomic E-state index is -0.592. The van der Waals surface area contributed by atoms with Crippen molar-refractivity contribution in [2.24, 2.45) is 0 Å². The lowest BCUT2D eigenvalue weighted by Crippen LogP contribution is -2.09. The summed E-state index contributed by atoms with van der Waals surface area (Å²) < 4.78 is 18.1. The van der Waals surface area contributed by atoms with E-state index >= 15 is 0 Å². The molecule has 118 valence electrons. The molecule has 0 bridgehead atoms. The molecule has 0 aliphatic carbocycles. The van der Waals surface area contributed by atoms with Crippen molar-refractivity contribution >= 4 is 23.3 Å². The molecule has 2 aromatic rings. The fourth-order valence-electron chi connectivity index (χ4n) is 1.73. The van der Waals surface area contributed by atoms with E-state index < -0.39 is 11.8 Å². The number of hydrogen-bond acceptors (Lipinski definition) is 4. The van der Waals surface area contributed by atoms with Crippen LogP contribution in [0.1, 0.15) is 29.9 Å². The highest BCUT2D eigenvalue weighted by molar-refractivity contribution is 6.30. The number of nitrogens with two attached hydrogens (primary N) is 1. The highest BCUT2D eigenvalue weighted by Gasteiger charge is 2.16. The summed E-state index contributed by atoms with van der Waals surface area (Å²) in [6, 6.07) is 5.83. The van der Waals surface area contributed by atoms with Crippen molar-refractivity contribution in [3.8, 4) is 11.3 Å². The SMILES string of the molecule is CC.COC(=O)c1nc(-c2ccc(Cl)c(F)c2)cc(N)c1C. The van der Waals surface area contributed by atoms with Crippen LogP contribution in [0.4, 0.5) is 10.1 Å². The van der Waals surface area contributed by atoms with E-state index in [4.69, 9.17) is 17.3 Å². The molecule has 0 fully saturated rings. The Balaban J connectivity index is 0.00000116. The Kier molecular flexibility index (Phi) is 6.31. The summed E-state index contributed by atoms with van der Waals surface area (Å²) in [4.78, 5) is 15.8. The van der Waals surface area contributed by atoms with Crippen LogP contribution in [0.2, 0.25) is 5.02 Å². The molecule has 0 atom stereocenters. The van der Waals surface area contributed by atoms with Crippen molar-refractivity contribution < 1.29 is 13.9 Å². The Labute approximate surface area is 134 Å². The number of anilines is 1. The molecule has 2 N–H and O–H groups in total. The fourth-order valence-corrected chi connectivity index (χ4v) is 1.85. The molecule has 0 spiro atoms. The Bertz CT molecular complexity index is 690. The van der Waals surface area contributed by atoms with Gasteiger partial charge in [-0.25, -0.2) is 14.2 Å². The van der Waals surface area contributed by atoms with Crippen LogP contribution in [-0.4, -0.2) is 18.1 Å². The maximum absolute atomic E-state index is 13.5. The van der Waals surface area contributed by atoms with Crippen LogP contribution in [0.25, 0.3) is 11.3 Å². The van der Waals surface area contributed by atoms with Crippen molar-refractivity contribution in [1.82, 2.24) is 4.98 Å².